The molecule has 2 rings (SSSR count). The number of piperidine rings is 1. The van der Waals surface area contributed by atoms with E-state index in [2.05, 4.69) is 75.6 Å². The molecule has 0 aromatic heterocycles. The van der Waals surface area contributed by atoms with Gasteiger partial charge in [-0.2, -0.15) is 0 Å². The van der Waals surface area contributed by atoms with Gasteiger partial charge in [-0.25, -0.2) is 0 Å². The summed E-state index contributed by atoms with van der Waals surface area (Å²) < 4.78 is 0. The lowest BCUT2D eigenvalue weighted by Crippen LogP contribution is -2.49. The van der Waals surface area contributed by atoms with Crippen molar-refractivity contribution in [1.82, 2.24) is 4.90 Å². The van der Waals surface area contributed by atoms with E-state index >= 15 is 0 Å². The van der Waals surface area contributed by atoms with Gasteiger partial charge >= 0.3 is 0 Å². The molecule has 0 bridgehead atoms. The third kappa shape index (κ3) is 9.62. The summed E-state index contributed by atoms with van der Waals surface area (Å²) in [5, 5.41) is 0. The first kappa shape index (κ1) is 26.9. The molecular formula is C28H49N3O. The molecule has 2 N–H and O–H groups in total. The fourth-order valence-electron chi connectivity index (χ4n) is 4.78. The molecule has 1 saturated heterocycles. The summed E-state index contributed by atoms with van der Waals surface area (Å²) in [6, 6.07) is 9.60. The van der Waals surface area contributed by atoms with Crippen molar-refractivity contribution in [3.05, 3.63) is 29.8 Å². The Labute approximate surface area is 197 Å². The molecule has 1 heterocycles. The fraction of sp³-hybridized carbons (Fsp3) is 0.750. The maximum atomic E-state index is 10.9. The minimum absolute atomic E-state index is 0.329. The van der Waals surface area contributed by atoms with Crippen LogP contribution >= 0.6 is 0 Å². The molecule has 3 atom stereocenters. The van der Waals surface area contributed by atoms with E-state index < -0.39 is 0 Å². The first-order valence-corrected chi connectivity index (χ1v) is 12.9. The molecule has 32 heavy (non-hydrogen) atoms. The van der Waals surface area contributed by atoms with E-state index in [0.29, 0.717) is 23.3 Å². The third-order valence-electron chi connectivity index (χ3n) is 6.72. The van der Waals surface area contributed by atoms with Crippen molar-refractivity contribution in [3.8, 4) is 0 Å². The lowest BCUT2D eigenvalue weighted by molar-refractivity contribution is -0.109. The van der Waals surface area contributed by atoms with E-state index in [1.165, 1.54) is 36.9 Å². The van der Waals surface area contributed by atoms with Gasteiger partial charge in [0.15, 0.2) is 0 Å². The molecule has 1 aromatic rings. The van der Waals surface area contributed by atoms with Crippen molar-refractivity contribution in [2.45, 2.75) is 92.2 Å². The number of carbonyl (C=O) groups excluding carboxylic acids is 1. The number of aryl methyl sites for hydroxylation is 1. The summed E-state index contributed by atoms with van der Waals surface area (Å²) in [5.74, 6) is 1.15. The molecular weight excluding hydrogens is 394 g/mol. The Balaban J connectivity index is 2.06. The zero-order chi connectivity index (χ0) is 23.7. The number of likely N-dealkylation sites (tertiary alicyclic amines) is 1. The number of carbonyl (C=O) groups is 1. The Hall–Kier alpha value is -1.39. The van der Waals surface area contributed by atoms with Gasteiger partial charge in [0, 0.05) is 31.4 Å². The van der Waals surface area contributed by atoms with Crippen molar-refractivity contribution < 1.29 is 4.79 Å². The smallest absolute Gasteiger partial charge is 0.136 e. The maximum Gasteiger partial charge on any atom is 0.136 e. The Morgan fingerprint density at radius 3 is 2.47 bits per heavy atom. The van der Waals surface area contributed by atoms with Gasteiger partial charge in [0.25, 0.3) is 0 Å². The highest BCUT2D eigenvalue weighted by Crippen LogP contribution is 2.27. The highest BCUT2D eigenvalue weighted by Gasteiger charge is 2.27. The van der Waals surface area contributed by atoms with Gasteiger partial charge in [-0.15, -0.1) is 0 Å². The maximum absolute atomic E-state index is 10.9. The molecule has 3 unspecified atom stereocenters. The van der Waals surface area contributed by atoms with E-state index in [0.717, 1.165) is 45.3 Å². The minimum atomic E-state index is -0.329. The van der Waals surface area contributed by atoms with Crippen LogP contribution in [0.5, 0.6) is 0 Å². The Bertz CT molecular complexity index is 664. The van der Waals surface area contributed by atoms with Crippen molar-refractivity contribution in [1.29, 1.82) is 0 Å². The molecule has 1 aromatic carbocycles. The minimum Gasteiger partial charge on any atom is -0.367 e. The molecule has 0 spiro atoms. The van der Waals surface area contributed by atoms with Gasteiger partial charge in [0.1, 0.15) is 6.29 Å². The average molecular weight is 444 g/mol. The molecule has 0 amide bonds. The number of hydrogen-bond donors (Lipinski definition) is 1. The molecule has 4 nitrogen and oxygen atoms in total. The first-order valence-electron chi connectivity index (χ1n) is 12.9. The fourth-order valence-corrected chi connectivity index (χ4v) is 4.78. The van der Waals surface area contributed by atoms with Gasteiger partial charge < -0.3 is 20.3 Å². The van der Waals surface area contributed by atoms with E-state index in [4.69, 9.17) is 5.73 Å². The highest BCUT2D eigenvalue weighted by molar-refractivity contribution is 5.56. The van der Waals surface area contributed by atoms with E-state index in [1.807, 2.05) is 0 Å². The molecule has 4 heteroatoms. The third-order valence-corrected chi connectivity index (χ3v) is 6.72. The molecule has 0 radical (unpaired) electrons. The second-order valence-corrected chi connectivity index (χ2v) is 11.8. The summed E-state index contributed by atoms with van der Waals surface area (Å²) in [5.41, 5.74) is 9.05. The summed E-state index contributed by atoms with van der Waals surface area (Å²) in [7, 11) is 0. The average Bonchev–Trinajstić information content (AvgIpc) is 2.72. The number of hydrogen-bond acceptors (Lipinski definition) is 4. The van der Waals surface area contributed by atoms with Crippen LogP contribution in [-0.2, 0) is 11.2 Å². The van der Waals surface area contributed by atoms with Crippen LogP contribution in [0, 0.1) is 17.3 Å². The largest absolute Gasteiger partial charge is 0.367 e. The van der Waals surface area contributed by atoms with Crippen LogP contribution < -0.4 is 10.6 Å². The lowest BCUT2D eigenvalue weighted by Gasteiger charge is -2.42. The van der Waals surface area contributed by atoms with Crippen LogP contribution in [-0.4, -0.2) is 49.4 Å². The monoisotopic (exact) mass is 443 g/mol. The number of nitrogens with zero attached hydrogens (tertiary/aromatic N) is 2. The first-order chi connectivity index (χ1) is 15.1. The number of aldehydes is 1. The van der Waals surface area contributed by atoms with Gasteiger partial charge in [-0.3, -0.25) is 0 Å². The predicted octanol–water partition coefficient (Wildman–Crippen LogP) is 5.53. The molecule has 0 saturated carbocycles. The van der Waals surface area contributed by atoms with Crippen LogP contribution in [0.15, 0.2) is 24.3 Å². The SMILES string of the molecule is CC(C)CCN(c1ccc(CCC(C)(C)C)cc1)C1CCCN(CC(C)CC(N)C=O)C1. The van der Waals surface area contributed by atoms with Crippen LogP contribution in [0.4, 0.5) is 5.69 Å². The van der Waals surface area contributed by atoms with Crippen molar-refractivity contribution in [2.75, 3.05) is 31.1 Å². The molecule has 182 valence electrons. The summed E-state index contributed by atoms with van der Waals surface area (Å²) in [4.78, 5) is 16.2. The van der Waals surface area contributed by atoms with Crippen LogP contribution in [0.1, 0.15) is 79.2 Å². The van der Waals surface area contributed by atoms with Crippen molar-refractivity contribution in [2.24, 2.45) is 23.0 Å². The Morgan fingerprint density at radius 1 is 1.19 bits per heavy atom. The number of anilines is 1. The molecule has 1 aliphatic rings. The van der Waals surface area contributed by atoms with Gasteiger partial charge in [-0.05, 0) is 80.0 Å². The zero-order valence-electron chi connectivity index (χ0n) is 21.6. The van der Waals surface area contributed by atoms with Gasteiger partial charge in [0.05, 0.1) is 6.04 Å². The van der Waals surface area contributed by atoms with E-state index in [-0.39, 0.29) is 6.04 Å². The predicted molar refractivity (Wildman–Crippen MR) is 138 cm³/mol. The van der Waals surface area contributed by atoms with Crippen LogP contribution in [0.25, 0.3) is 0 Å². The standard InChI is InChI=1S/C28H49N3O/c1-22(2)14-17-31(26-11-9-24(10-12-26)13-15-28(4,5)6)27-8-7-16-30(20-27)19-23(3)18-25(29)21-32/h9-12,21-23,25,27H,7-8,13-20,29H2,1-6H3. The topological polar surface area (TPSA) is 49.6 Å². The summed E-state index contributed by atoms with van der Waals surface area (Å²) in [6.45, 7) is 18.2. The molecule has 0 aliphatic carbocycles. The number of rotatable bonds is 12. The van der Waals surface area contributed by atoms with Gasteiger partial charge in [-0.1, -0.05) is 53.7 Å². The normalized spacial score (nSPS) is 19.7. The van der Waals surface area contributed by atoms with Crippen LogP contribution in [0.2, 0.25) is 0 Å². The Morgan fingerprint density at radius 2 is 1.88 bits per heavy atom. The lowest BCUT2D eigenvalue weighted by atomic mass is 9.88. The second-order valence-electron chi connectivity index (χ2n) is 11.8. The quantitative estimate of drug-likeness (QED) is 0.431. The summed E-state index contributed by atoms with van der Waals surface area (Å²) >= 11 is 0. The second kappa shape index (κ2) is 12.7. The summed E-state index contributed by atoms with van der Waals surface area (Å²) in [6.07, 6.45) is 7.72. The van der Waals surface area contributed by atoms with Crippen LogP contribution in [0.3, 0.4) is 0 Å². The van der Waals surface area contributed by atoms with Crippen molar-refractivity contribution in [3.63, 3.8) is 0 Å². The van der Waals surface area contributed by atoms with Crippen molar-refractivity contribution >= 4 is 12.0 Å². The van der Waals surface area contributed by atoms with Gasteiger partial charge in [0.2, 0.25) is 0 Å². The molecule has 1 aliphatic heterocycles. The van der Waals surface area contributed by atoms with E-state index in [9.17, 15) is 4.79 Å². The number of benzene rings is 1. The van der Waals surface area contributed by atoms with E-state index in [1.54, 1.807) is 0 Å². The zero-order valence-corrected chi connectivity index (χ0v) is 21.6. The number of nitrogens with two attached hydrogens (primary N) is 1. The highest BCUT2D eigenvalue weighted by atomic mass is 16.1. The Kier molecular flexibility index (Phi) is 10.7. The molecule has 1 fully saturated rings.